The van der Waals surface area contributed by atoms with Crippen LogP contribution in [0.15, 0.2) is 29.4 Å². The lowest BCUT2D eigenvalue weighted by atomic mass is 9.41. The second-order valence-electron chi connectivity index (χ2n) is 17.0. The fourth-order valence-corrected chi connectivity index (χ4v) is 10.3. The van der Waals surface area contributed by atoms with Crippen molar-refractivity contribution in [1.82, 2.24) is 0 Å². The number of hydrogen-bond acceptors (Lipinski definition) is 8. The Morgan fingerprint density at radius 3 is 2.36 bits per heavy atom. The van der Waals surface area contributed by atoms with E-state index in [2.05, 4.69) is 33.0 Å². The van der Waals surface area contributed by atoms with E-state index in [4.69, 9.17) is 14.2 Å². The molecule has 0 bridgehead atoms. The number of amides is 1. The average molecular weight is 648 g/mol. The van der Waals surface area contributed by atoms with Gasteiger partial charge in [0.25, 0.3) is 0 Å². The van der Waals surface area contributed by atoms with Crippen LogP contribution in [0.2, 0.25) is 0 Å². The Morgan fingerprint density at radius 2 is 1.70 bits per heavy atom. The second-order valence-corrected chi connectivity index (χ2v) is 17.0. The molecular weight excluding hydrogens is 598 g/mol. The van der Waals surface area contributed by atoms with Gasteiger partial charge in [0.2, 0.25) is 5.91 Å². The summed E-state index contributed by atoms with van der Waals surface area (Å²) in [5.74, 6) is -2.52. The van der Waals surface area contributed by atoms with Gasteiger partial charge in [0.05, 0.1) is 33.5 Å². The summed E-state index contributed by atoms with van der Waals surface area (Å²) in [6.45, 7) is 15.2. The largest absolute Gasteiger partial charge is 0.387 e. The van der Waals surface area contributed by atoms with Crippen molar-refractivity contribution in [2.45, 2.75) is 135 Å². The molecule has 254 valence electrons. The zero-order chi connectivity index (χ0) is 34.3. The van der Waals surface area contributed by atoms with Crippen LogP contribution >= 0.6 is 0 Å². The van der Waals surface area contributed by atoms with Gasteiger partial charge in [-0.1, -0.05) is 6.92 Å². The molecule has 3 aliphatic carbocycles. The van der Waals surface area contributed by atoms with Gasteiger partial charge in [0.1, 0.15) is 0 Å². The number of ketones is 2. The molecule has 7 rings (SSSR count). The van der Waals surface area contributed by atoms with Crippen LogP contribution in [-0.2, 0) is 30.2 Å². The third kappa shape index (κ3) is 4.29. The molecule has 2 fully saturated rings. The van der Waals surface area contributed by atoms with Crippen molar-refractivity contribution < 1.29 is 38.8 Å². The fraction of sp³-hybridized carbons (Fsp3) is 0.658. The summed E-state index contributed by atoms with van der Waals surface area (Å²) in [5, 5.41) is 26.8. The molecule has 0 aromatic heterocycles. The van der Waals surface area contributed by atoms with Gasteiger partial charge in [-0.05, 0) is 121 Å². The monoisotopic (exact) mass is 647 g/mol. The Labute approximate surface area is 277 Å². The van der Waals surface area contributed by atoms with Gasteiger partial charge in [-0.25, -0.2) is 0 Å². The Hall–Kier alpha value is -2.69. The first-order valence-corrected chi connectivity index (χ1v) is 17.0. The molecule has 3 heterocycles. The molecule has 0 unspecified atom stereocenters. The Balaban J connectivity index is 1.31. The van der Waals surface area contributed by atoms with E-state index in [1.165, 1.54) is 38.2 Å². The van der Waals surface area contributed by atoms with Crippen LogP contribution in [0.1, 0.15) is 115 Å². The number of aliphatic hydroxyl groups is 2. The molecule has 9 nitrogen and oxygen atoms in total. The molecule has 9 heteroatoms. The first-order valence-electron chi connectivity index (χ1n) is 17.0. The summed E-state index contributed by atoms with van der Waals surface area (Å²) >= 11 is 0. The van der Waals surface area contributed by atoms with Gasteiger partial charge in [-0.2, -0.15) is 0 Å². The zero-order valence-corrected chi connectivity index (χ0v) is 29.2. The van der Waals surface area contributed by atoms with Crippen LogP contribution in [0.3, 0.4) is 0 Å². The highest BCUT2D eigenvalue weighted by molar-refractivity contribution is 6.09. The lowest BCUT2D eigenvalue weighted by molar-refractivity contribution is -0.299. The number of carbonyl (C=O) groups is 3. The van der Waals surface area contributed by atoms with E-state index < -0.39 is 45.3 Å². The van der Waals surface area contributed by atoms with Crippen LogP contribution in [0.5, 0.6) is 0 Å². The standard InChI is InChI=1S/C38H49NO8/c1-32(2)19-24-22-17-26-23(14-20(22)15-25(24)34(5,6)47-32)27(40)16-21-10-11-37(44)29-18-28(41)30(33(3,4)43)46-38(29,45-9)13-12-35(37,7)36(21,8)31(42)39-26/h14,17-18,21,30,43-44H,10-13,15-16,19H2,1-9H3,(H,39,42)/t21-,30-,35+,36+,37+,38-/m0/s1. The molecule has 6 aliphatic rings. The van der Waals surface area contributed by atoms with E-state index in [-0.39, 0.29) is 48.0 Å². The highest BCUT2D eigenvalue weighted by Gasteiger charge is 2.73. The van der Waals surface area contributed by atoms with Crippen molar-refractivity contribution in [2.75, 3.05) is 12.4 Å². The molecule has 1 amide bonds. The first-order chi connectivity index (χ1) is 21.6. The highest BCUT2D eigenvalue weighted by atomic mass is 16.7. The lowest BCUT2D eigenvalue weighted by Gasteiger charge is -2.67. The van der Waals surface area contributed by atoms with Gasteiger partial charge in [-0.15, -0.1) is 0 Å². The van der Waals surface area contributed by atoms with Crippen LogP contribution < -0.4 is 5.32 Å². The molecule has 0 spiro atoms. The SMILES string of the molecule is CO[C@]12CC[C@@]3(C)[C@@](O)(CC[C@H]4CC(=O)c5cc6c(cc5NC(=O)[C@@]43C)C3=C(C6)C(C)(C)OC(C)(C)C3)C1=CC(=O)[C@@H](C(C)(C)O)O2. The smallest absolute Gasteiger partial charge is 0.231 e. The predicted molar refractivity (Wildman–Crippen MR) is 176 cm³/mol. The number of methoxy groups -OCH3 is 1. The zero-order valence-electron chi connectivity index (χ0n) is 29.2. The maximum absolute atomic E-state index is 14.8. The molecule has 6 atom stereocenters. The predicted octanol–water partition coefficient (Wildman–Crippen LogP) is 5.45. The van der Waals surface area contributed by atoms with Crippen LogP contribution in [0.25, 0.3) is 5.57 Å². The third-order valence-corrected chi connectivity index (χ3v) is 13.0. The minimum atomic E-state index is -1.65. The van der Waals surface area contributed by atoms with Crippen LogP contribution in [0, 0.1) is 16.7 Å². The molecule has 0 saturated heterocycles. The van der Waals surface area contributed by atoms with Gasteiger partial charge < -0.3 is 29.7 Å². The fourth-order valence-electron chi connectivity index (χ4n) is 10.3. The van der Waals surface area contributed by atoms with Crippen LogP contribution in [0.4, 0.5) is 5.69 Å². The summed E-state index contributed by atoms with van der Waals surface area (Å²) < 4.78 is 18.7. The van der Waals surface area contributed by atoms with E-state index in [9.17, 15) is 24.6 Å². The molecule has 0 radical (unpaired) electrons. The topological polar surface area (TPSA) is 131 Å². The van der Waals surface area contributed by atoms with Crippen molar-refractivity contribution in [3.05, 3.63) is 46.0 Å². The molecule has 47 heavy (non-hydrogen) atoms. The number of carbonyl (C=O) groups excluding carboxylic acids is 3. The normalized spacial score (nSPS) is 38.9. The number of nitrogens with one attached hydrogen (secondary N) is 1. The maximum atomic E-state index is 14.8. The van der Waals surface area contributed by atoms with Gasteiger partial charge in [-0.3, -0.25) is 14.4 Å². The molecular formula is C38H49NO8. The summed E-state index contributed by atoms with van der Waals surface area (Å²) in [5.41, 5.74) is -0.317. The van der Waals surface area contributed by atoms with Gasteiger partial charge >= 0.3 is 0 Å². The van der Waals surface area contributed by atoms with Gasteiger partial charge in [0.15, 0.2) is 23.5 Å². The van der Waals surface area contributed by atoms with E-state index in [0.29, 0.717) is 30.5 Å². The average Bonchev–Trinajstić information content (AvgIpc) is 3.32. The molecule has 2 saturated carbocycles. The summed E-state index contributed by atoms with van der Waals surface area (Å²) in [6, 6.07) is 3.95. The Bertz CT molecular complexity index is 1690. The van der Waals surface area contributed by atoms with Gasteiger partial charge in [0, 0.05) is 42.9 Å². The molecule has 3 aliphatic heterocycles. The molecule has 1 aromatic carbocycles. The third-order valence-electron chi connectivity index (χ3n) is 13.0. The second kappa shape index (κ2) is 9.72. The van der Waals surface area contributed by atoms with Crippen molar-refractivity contribution >= 4 is 28.7 Å². The summed E-state index contributed by atoms with van der Waals surface area (Å²) in [7, 11) is 1.47. The number of benzene rings is 1. The maximum Gasteiger partial charge on any atom is 0.231 e. The molecule has 3 N–H and O–H groups in total. The van der Waals surface area contributed by atoms with Crippen molar-refractivity contribution in [3.63, 3.8) is 0 Å². The van der Waals surface area contributed by atoms with E-state index in [0.717, 1.165) is 17.5 Å². The Morgan fingerprint density at radius 1 is 1.00 bits per heavy atom. The number of hydrogen-bond donors (Lipinski definition) is 3. The quantitative estimate of drug-likeness (QED) is 0.386. The van der Waals surface area contributed by atoms with Crippen LogP contribution in [-0.4, -0.2) is 69.1 Å². The van der Waals surface area contributed by atoms with Crippen molar-refractivity contribution in [2.24, 2.45) is 16.7 Å². The number of Topliss-reactive ketones (excluding diaryl/α,β-unsaturated/α-hetero) is 1. The number of anilines is 1. The van der Waals surface area contributed by atoms with E-state index >= 15 is 0 Å². The number of ether oxygens (including phenoxy) is 3. The first kappa shape index (κ1) is 32.8. The molecule has 1 aromatic rings. The van der Waals surface area contributed by atoms with Crippen molar-refractivity contribution in [1.29, 1.82) is 0 Å². The summed E-state index contributed by atoms with van der Waals surface area (Å²) in [6.07, 6.45) is 3.01. The highest BCUT2D eigenvalue weighted by Crippen LogP contribution is 2.69. The number of fused-ring (bicyclic) bond motifs is 8. The minimum absolute atomic E-state index is 0.0285. The lowest BCUT2D eigenvalue weighted by Crippen LogP contribution is -2.72. The van der Waals surface area contributed by atoms with Crippen molar-refractivity contribution in [3.8, 4) is 0 Å². The summed E-state index contributed by atoms with van der Waals surface area (Å²) in [4.78, 5) is 42.4. The van der Waals surface area contributed by atoms with E-state index in [1.807, 2.05) is 26.0 Å². The Kier molecular flexibility index (Phi) is 6.79. The minimum Gasteiger partial charge on any atom is -0.387 e. The van der Waals surface area contributed by atoms with E-state index in [1.54, 1.807) is 0 Å². The number of rotatable bonds is 2.